The van der Waals surface area contributed by atoms with Gasteiger partial charge >= 0.3 is 0 Å². The lowest BCUT2D eigenvalue weighted by Crippen LogP contribution is -2.43. The van der Waals surface area contributed by atoms with E-state index in [0.717, 1.165) is 41.7 Å². The Kier molecular flexibility index (Phi) is 4.37. The average Bonchev–Trinajstić information content (AvgIpc) is 2.72. The highest BCUT2D eigenvalue weighted by molar-refractivity contribution is 7.92. The van der Waals surface area contributed by atoms with Gasteiger partial charge in [0.05, 0.1) is 16.9 Å². The fourth-order valence-corrected chi connectivity index (χ4v) is 3.94. The summed E-state index contributed by atoms with van der Waals surface area (Å²) in [5, 5.41) is 4.47. The quantitative estimate of drug-likeness (QED) is 0.888. The fraction of sp³-hybridized carbons (Fsp3) is 0.667. The van der Waals surface area contributed by atoms with Crippen LogP contribution < -0.4 is 14.9 Å². The molecule has 0 radical (unpaired) electrons. The molecule has 1 aliphatic rings. The highest BCUT2D eigenvalue weighted by Gasteiger charge is 2.19. The summed E-state index contributed by atoms with van der Waals surface area (Å²) in [5.41, 5.74) is 0.732. The molecule has 2 heterocycles. The Labute approximate surface area is 119 Å². The molecule has 1 aromatic rings. The molecule has 108 valence electrons. The molecule has 2 rings (SSSR count). The number of hydrogen-bond donors (Lipinski definition) is 2. The first-order chi connectivity index (χ1) is 8.87. The summed E-state index contributed by atoms with van der Waals surface area (Å²) in [6, 6.07) is 1.96. The Morgan fingerprint density at radius 3 is 2.53 bits per heavy atom. The van der Waals surface area contributed by atoms with E-state index in [1.807, 2.05) is 6.07 Å². The van der Waals surface area contributed by atoms with Crippen molar-refractivity contribution in [2.75, 3.05) is 42.1 Å². The lowest BCUT2D eigenvalue weighted by molar-refractivity contribution is 0.592. The summed E-state index contributed by atoms with van der Waals surface area (Å²) < 4.78 is 25.5. The molecule has 2 N–H and O–H groups in total. The van der Waals surface area contributed by atoms with Gasteiger partial charge in [-0.2, -0.15) is 0 Å². The third-order valence-corrected chi connectivity index (χ3v) is 5.08. The van der Waals surface area contributed by atoms with E-state index in [-0.39, 0.29) is 0 Å². The molecule has 0 aromatic carbocycles. The number of nitrogens with zero attached hydrogens (tertiary/aromatic N) is 1. The van der Waals surface area contributed by atoms with Gasteiger partial charge in [-0.25, -0.2) is 8.42 Å². The third-order valence-electron chi connectivity index (χ3n) is 3.00. The van der Waals surface area contributed by atoms with Crippen LogP contribution in [0.3, 0.4) is 0 Å². The van der Waals surface area contributed by atoms with Gasteiger partial charge in [0.15, 0.2) is 0 Å². The van der Waals surface area contributed by atoms with Gasteiger partial charge in [0, 0.05) is 31.1 Å². The second-order valence-corrected chi connectivity index (χ2v) is 7.94. The van der Waals surface area contributed by atoms with Gasteiger partial charge in [-0.15, -0.1) is 11.3 Å². The van der Waals surface area contributed by atoms with Crippen molar-refractivity contribution in [1.82, 2.24) is 5.32 Å². The van der Waals surface area contributed by atoms with Gasteiger partial charge in [0.2, 0.25) is 10.0 Å². The van der Waals surface area contributed by atoms with Crippen LogP contribution in [0.5, 0.6) is 0 Å². The van der Waals surface area contributed by atoms with Gasteiger partial charge in [-0.1, -0.05) is 13.8 Å². The second-order valence-electron chi connectivity index (χ2n) is 5.13. The van der Waals surface area contributed by atoms with Crippen LogP contribution in [0.1, 0.15) is 24.6 Å². The molecule has 5 nitrogen and oxygen atoms in total. The topological polar surface area (TPSA) is 61.4 Å². The first-order valence-corrected chi connectivity index (χ1v) is 9.15. The van der Waals surface area contributed by atoms with Crippen LogP contribution >= 0.6 is 11.3 Å². The molecule has 0 aliphatic carbocycles. The van der Waals surface area contributed by atoms with E-state index in [2.05, 4.69) is 28.8 Å². The number of piperazine rings is 1. The Balaban J connectivity index is 2.28. The molecule has 7 heteroatoms. The number of rotatable bonds is 4. The van der Waals surface area contributed by atoms with Crippen LogP contribution in [-0.4, -0.2) is 40.9 Å². The van der Waals surface area contributed by atoms with Crippen LogP contribution in [0, 0.1) is 0 Å². The fourth-order valence-electron chi connectivity index (χ4n) is 2.14. The van der Waals surface area contributed by atoms with E-state index in [4.69, 9.17) is 0 Å². The van der Waals surface area contributed by atoms with Crippen molar-refractivity contribution in [2.24, 2.45) is 0 Å². The lowest BCUT2D eigenvalue weighted by atomic mass is 10.1. The van der Waals surface area contributed by atoms with Crippen molar-refractivity contribution >= 4 is 32.0 Å². The number of nitrogens with one attached hydrogen (secondary N) is 2. The molecule has 1 fully saturated rings. The highest BCUT2D eigenvalue weighted by Crippen LogP contribution is 2.39. The van der Waals surface area contributed by atoms with Crippen molar-refractivity contribution in [3.05, 3.63) is 10.9 Å². The largest absolute Gasteiger partial charge is 0.361 e. The van der Waals surface area contributed by atoms with Crippen molar-refractivity contribution in [3.63, 3.8) is 0 Å². The molecule has 0 saturated carbocycles. The SMILES string of the molecule is CC(C)c1sc(N2CCNCC2)cc1NS(C)(=O)=O. The molecular weight excluding hydrogens is 282 g/mol. The summed E-state index contributed by atoms with van der Waals surface area (Å²) in [6.07, 6.45) is 1.19. The van der Waals surface area contributed by atoms with Gasteiger partial charge in [0.1, 0.15) is 0 Å². The van der Waals surface area contributed by atoms with Crippen molar-refractivity contribution < 1.29 is 8.42 Å². The Morgan fingerprint density at radius 2 is 2.00 bits per heavy atom. The summed E-state index contributed by atoms with van der Waals surface area (Å²) in [6.45, 7) is 8.06. The molecule has 0 bridgehead atoms. The minimum absolute atomic E-state index is 0.311. The van der Waals surface area contributed by atoms with Gasteiger partial charge < -0.3 is 10.2 Å². The molecule has 1 aliphatic heterocycles. The van der Waals surface area contributed by atoms with E-state index in [1.165, 1.54) is 6.26 Å². The zero-order chi connectivity index (χ0) is 14.0. The zero-order valence-electron chi connectivity index (χ0n) is 11.6. The predicted octanol–water partition coefficient (Wildman–Crippen LogP) is 1.65. The minimum atomic E-state index is -3.22. The maximum Gasteiger partial charge on any atom is 0.229 e. The summed E-state index contributed by atoms with van der Waals surface area (Å²) in [5.74, 6) is 0.311. The second kappa shape index (κ2) is 5.68. The third kappa shape index (κ3) is 3.84. The summed E-state index contributed by atoms with van der Waals surface area (Å²) in [7, 11) is -3.22. The van der Waals surface area contributed by atoms with E-state index in [1.54, 1.807) is 11.3 Å². The van der Waals surface area contributed by atoms with Gasteiger partial charge in [-0.3, -0.25) is 4.72 Å². The van der Waals surface area contributed by atoms with Gasteiger partial charge in [0.25, 0.3) is 0 Å². The van der Waals surface area contributed by atoms with E-state index < -0.39 is 10.0 Å². The maximum atomic E-state index is 11.4. The van der Waals surface area contributed by atoms with Crippen LogP contribution in [0.4, 0.5) is 10.7 Å². The van der Waals surface area contributed by atoms with Crippen molar-refractivity contribution in [2.45, 2.75) is 19.8 Å². The molecule has 0 atom stereocenters. The maximum absolute atomic E-state index is 11.4. The Morgan fingerprint density at radius 1 is 1.37 bits per heavy atom. The minimum Gasteiger partial charge on any atom is -0.361 e. The lowest BCUT2D eigenvalue weighted by Gasteiger charge is -2.27. The normalized spacial score (nSPS) is 16.9. The van der Waals surface area contributed by atoms with E-state index >= 15 is 0 Å². The average molecular weight is 303 g/mol. The molecule has 0 spiro atoms. The van der Waals surface area contributed by atoms with Crippen molar-refractivity contribution in [3.8, 4) is 0 Å². The number of anilines is 2. The smallest absolute Gasteiger partial charge is 0.229 e. The van der Waals surface area contributed by atoms with E-state index in [9.17, 15) is 8.42 Å². The molecular formula is C12H21N3O2S2. The van der Waals surface area contributed by atoms with Crippen LogP contribution in [-0.2, 0) is 10.0 Å². The number of hydrogen-bond acceptors (Lipinski definition) is 5. The molecule has 0 amide bonds. The molecule has 1 aromatic heterocycles. The first kappa shape index (κ1) is 14.6. The van der Waals surface area contributed by atoms with E-state index in [0.29, 0.717) is 5.92 Å². The predicted molar refractivity (Wildman–Crippen MR) is 82.0 cm³/mol. The first-order valence-electron chi connectivity index (χ1n) is 6.44. The van der Waals surface area contributed by atoms with Crippen LogP contribution in [0.15, 0.2) is 6.07 Å². The van der Waals surface area contributed by atoms with Gasteiger partial charge in [-0.05, 0) is 12.0 Å². The Bertz CT molecular complexity index is 531. The Hall–Kier alpha value is -0.790. The number of sulfonamides is 1. The number of thiophene rings is 1. The van der Waals surface area contributed by atoms with Crippen LogP contribution in [0.25, 0.3) is 0 Å². The summed E-state index contributed by atoms with van der Waals surface area (Å²) >= 11 is 1.69. The highest BCUT2D eigenvalue weighted by atomic mass is 32.2. The van der Waals surface area contributed by atoms with Crippen LogP contribution in [0.2, 0.25) is 0 Å². The summed E-state index contributed by atoms with van der Waals surface area (Å²) in [4.78, 5) is 3.40. The standard InChI is InChI=1S/C12H21N3O2S2/c1-9(2)12-10(14-19(3,16)17)8-11(18-12)15-6-4-13-5-7-15/h8-9,13-14H,4-7H2,1-3H3. The molecule has 0 unspecified atom stereocenters. The molecule has 1 saturated heterocycles. The van der Waals surface area contributed by atoms with Crippen molar-refractivity contribution in [1.29, 1.82) is 0 Å². The molecule has 19 heavy (non-hydrogen) atoms. The monoisotopic (exact) mass is 303 g/mol. The zero-order valence-corrected chi connectivity index (χ0v) is 13.2.